The second kappa shape index (κ2) is 11.7. The van der Waals surface area contributed by atoms with Crippen LogP contribution in [0.25, 0.3) is 0 Å². The van der Waals surface area contributed by atoms with Gasteiger partial charge in [0.1, 0.15) is 11.7 Å². The largest absolute Gasteiger partial charge is 0.433 e. The monoisotopic (exact) mass is 550 g/mol. The highest BCUT2D eigenvalue weighted by Gasteiger charge is 2.41. The number of likely N-dealkylation sites (tertiary alicyclic amines) is 3. The molecule has 0 unspecified atom stereocenters. The van der Waals surface area contributed by atoms with E-state index in [2.05, 4.69) is 9.97 Å². The predicted octanol–water partition coefficient (Wildman–Crippen LogP) is 2.95. The van der Waals surface area contributed by atoms with Crippen LogP contribution in [0.5, 0.6) is 0 Å². The van der Waals surface area contributed by atoms with Gasteiger partial charge in [-0.1, -0.05) is 0 Å². The molecular weight excluding hydrogens is 513 g/mol. The van der Waals surface area contributed by atoms with Crippen LogP contribution in [-0.4, -0.2) is 94.2 Å². The summed E-state index contributed by atoms with van der Waals surface area (Å²) in [6, 6.07) is 0.371. The van der Waals surface area contributed by atoms with Crippen LogP contribution in [-0.2, 0) is 20.6 Å². The van der Waals surface area contributed by atoms with Crippen LogP contribution in [0, 0.1) is 11.8 Å². The molecule has 5 heterocycles. The highest BCUT2D eigenvalue weighted by molar-refractivity contribution is 5.89. The number of aromatic nitrogens is 2. The first kappa shape index (κ1) is 27.6. The van der Waals surface area contributed by atoms with Crippen LogP contribution in [0.4, 0.5) is 19.1 Å². The van der Waals surface area contributed by atoms with Gasteiger partial charge < -0.3 is 19.6 Å². The fraction of sp³-hybridized carbons (Fsp3) is 0.741. The Morgan fingerprint density at radius 3 is 2.00 bits per heavy atom. The van der Waals surface area contributed by atoms with Crippen molar-refractivity contribution in [1.82, 2.24) is 24.7 Å². The third kappa shape index (κ3) is 6.14. The Balaban J connectivity index is 1.13. The Bertz CT molecular complexity index is 1050. The molecule has 0 N–H and O–H groups in total. The molecule has 4 aliphatic heterocycles. The summed E-state index contributed by atoms with van der Waals surface area (Å²) in [5.41, 5.74) is -0.982. The smallest absolute Gasteiger partial charge is 0.342 e. The van der Waals surface area contributed by atoms with Gasteiger partial charge in [-0.25, -0.2) is 9.97 Å². The Morgan fingerprint density at radius 1 is 0.718 bits per heavy atom. The molecule has 4 aliphatic rings. The van der Waals surface area contributed by atoms with E-state index in [1.54, 1.807) is 9.80 Å². The number of carbonyl (C=O) groups is 3. The lowest BCUT2D eigenvalue weighted by Crippen LogP contribution is -2.53. The molecule has 4 fully saturated rings. The van der Waals surface area contributed by atoms with E-state index in [9.17, 15) is 27.6 Å². The van der Waals surface area contributed by atoms with Gasteiger partial charge in [0.25, 0.3) is 0 Å². The molecular formula is C27H37F3N6O3. The number of amides is 3. The average Bonchev–Trinajstić information content (AvgIpc) is 3.46. The van der Waals surface area contributed by atoms with Crippen LogP contribution < -0.4 is 4.90 Å². The van der Waals surface area contributed by atoms with Crippen molar-refractivity contribution < 1.29 is 27.6 Å². The highest BCUT2D eigenvalue weighted by Crippen LogP contribution is 2.31. The fourth-order valence-electron chi connectivity index (χ4n) is 6.44. The maximum Gasteiger partial charge on any atom is 0.433 e. The van der Waals surface area contributed by atoms with Crippen LogP contribution in [0.3, 0.4) is 0 Å². The number of rotatable bonds is 4. The first-order chi connectivity index (χ1) is 18.7. The molecule has 1 aromatic rings. The van der Waals surface area contributed by atoms with Gasteiger partial charge in [0.15, 0.2) is 0 Å². The maximum absolute atomic E-state index is 13.4. The third-order valence-corrected chi connectivity index (χ3v) is 8.70. The lowest BCUT2D eigenvalue weighted by atomic mass is 9.93. The molecule has 0 spiro atoms. The van der Waals surface area contributed by atoms with Crippen molar-refractivity contribution in [3.05, 3.63) is 18.0 Å². The second-order valence-electron chi connectivity index (χ2n) is 11.2. The van der Waals surface area contributed by atoms with Crippen LogP contribution >= 0.6 is 0 Å². The predicted molar refractivity (Wildman–Crippen MR) is 136 cm³/mol. The third-order valence-electron chi connectivity index (χ3n) is 8.70. The molecule has 5 rings (SSSR count). The molecule has 0 radical (unpaired) electrons. The molecule has 214 valence electrons. The Kier molecular flexibility index (Phi) is 8.27. The second-order valence-corrected chi connectivity index (χ2v) is 11.2. The molecule has 0 saturated carbocycles. The number of hydrogen-bond acceptors (Lipinski definition) is 6. The molecule has 1 atom stereocenters. The fourth-order valence-corrected chi connectivity index (χ4v) is 6.44. The number of anilines is 1. The van der Waals surface area contributed by atoms with E-state index in [4.69, 9.17) is 0 Å². The summed E-state index contributed by atoms with van der Waals surface area (Å²) in [5.74, 6) is -0.147. The molecule has 4 saturated heterocycles. The van der Waals surface area contributed by atoms with Gasteiger partial charge in [0, 0.05) is 63.8 Å². The van der Waals surface area contributed by atoms with Crippen molar-refractivity contribution in [2.24, 2.45) is 11.8 Å². The van der Waals surface area contributed by atoms with E-state index in [1.165, 1.54) is 6.42 Å². The zero-order valence-electron chi connectivity index (χ0n) is 22.2. The number of nitrogens with zero attached hydrogens (tertiary/aromatic N) is 6. The van der Waals surface area contributed by atoms with Gasteiger partial charge in [-0.2, -0.15) is 13.2 Å². The van der Waals surface area contributed by atoms with Crippen molar-refractivity contribution in [2.45, 2.75) is 70.0 Å². The summed E-state index contributed by atoms with van der Waals surface area (Å²) in [6.45, 7) is 4.04. The number of halogens is 3. The first-order valence-corrected chi connectivity index (χ1v) is 14.3. The summed E-state index contributed by atoms with van der Waals surface area (Å²) in [7, 11) is 0. The van der Waals surface area contributed by atoms with Crippen LogP contribution in [0.1, 0.15) is 63.5 Å². The Labute approximate surface area is 226 Å². The molecule has 39 heavy (non-hydrogen) atoms. The van der Waals surface area contributed by atoms with E-state index in [1.807, 2.05) is 9.80 Å². The molecule has 0 aromatic carbocycles. The van der Waals surface area contributed by atoms with Gasteiger partial charge >= 0.3 is 6.18 Å². The van der Waals surface area contributed by atoms with E-state index in [-0.39, 0.29) is 35.5 Å². The molecule has 0 bridgehead atoms. The van der Waals surface area contributed by atoms with E-state index < -0.39 is 17.9 Å². The van der Waals surface area contributed by atoms with E-state index in [0.717, 1.165) is 44.6 Å². The lowest BCUT2D eigenvalue weighted by molar-refractivity contribution is -0.148. The van der Waals surface area contributed by atoms with Gasteiger partial charge in [-0.3, -0.25) is 14.4 Å². The van der Waals surface area contributed by atoms with E-state index in [0.29, 0.717) is 64.8 Å². The summed E-state index contributed by atoms with van der Waals surface area (Å²) in [5, 5.41) is 0. The van der Waals surface area contributed by atoms with Crippen molar-refractivity contribution in [1.29, 1.82) is 0 Å². The van der Waals surface area contributed by atoms with Crippen molar-refractivity contribution >= 4 is 23.7 Å². The SMILES string of the molecule is O=C(C1CCN(C(=O)[C@@H]2CCCN2C(=O)C2CCN(c3nccc(C(F)(F)F)n3)CC2)CC1)N1CCCCC1. The number of alkyl halides is 3. The van der Waals surface area contributed by atoms with Crippen molar-refractivity contribution in [3.63, 3.8) is 0 Å². The summed E-state index contributed by atoms with van der Waals surface area (Å²) < 4.78 is 39.1. The van der Waals surface area contributed by atoms with Gasteiger partial charge in [-0.05, 0) is 63.9 Å². The zero-order chi connectivity index (χ0) is 27.6. The number of piperidine rings is 3. The minimum Gasteiger partial charge on any atom is -0.342 e. The van der Waals surface area contributed by atoms with E-state index >= 15 is 0 Å². The van der Waals surface area contributed by atoms with Gasteiger partial charge in [0.2, 0.25) is 23.7 Å². The number of carbonyl (C=O) groups excluding carboxylic acids is 3. The summed E-state index contributed by atoms with van der Waals surface area (Å²) in [6.07, 6.45) is 3.54. The van der Waals surface area contributed by atoms with Crippen LogP contribution in [0.15, 0.2) is 12.3 Å². The van der Waals surface area contributed by atoms with Crippen molar-refractivity contribution in [2.75, 3.05) is 50.7 Å². The summed E-state index contributed by atoms with van der Waals surface area (Å²) in [4.78, 5) is 54.6. The normalized spacial score (nSPS) is 23.8. The average molecular weight is 551 g/mol. The lowest BCUT2D eigenvalue weighted by Gasteiger charge is -2.38. The number of hydrogen-bond donors (Lipinski definition) is 0. The minimum atomic E-state index is -4.54. The first-order valence-electron chi connectivity index (χ1n) is 14.3. The standard InChI is InChI=1S/C27H37F3N6O3/c28-27(29,30)22-6-11-31-26(32-22)35-17-9-20(10-18-35)24(38)36-14-4-5-21(36)25(39)34-15-7-19(8-16-34)23(37)33-12-2-1-3-13-33/h6,11,19-21H,1-5,7-10,12-18H2/t21-/m0/s1. The van der Waals surface area contributed by atoms with Crippen molar-refractivity contribution in [3.8, 4) is 0 Å². The molecule has 3 amide bonds. The molecule has 1 aromatic heterocycles. The highest BCUT2D eigenvalue weighted by atomic mass is 19.4. The van der Waals surface area contributed by atoms with Gasteiger partial charge in [-0.15, -0.1) is 0 Å². The Morgan fingerprint density at radius 2 is 1.33 bits per heavy atom. The van der Waals surface area contributed by atoms with Crippen LogP contribution in [0.2, 0.25) is 0 Å². The topological polar surface area (TPSA) is 90.0 Å². The minimum absolute atomic E-state index is 0.0205. The zero-order valence-corrected chi connectivity index (χ0v) is 22.2. The maximum atomic E-state index is 13.4. The molecule has 9 nitrogen and oxygen atoms in total. The van der Waals surface area contributed by atoms with Gasteiger partial charge in [0.05, 0.1) is 0 Å². The quantitative estimate of drug-likeness (QED) is 0.573. The molecule has 0 aliphatic carbocycles. The Hall–Kier alpha value is -2.92. The summed E-state index contributed by atoms with van der Waals surface area (Å²) >= 11 is 0. The molecule has 12 heteroatoms.